The quantitative estimate of drug-likeness (QED) is 0.368. The van der Waals surface area contributed by atoms with Crippen LogP contribution in [0.2, 0.25) is 0 Å². The molecule has 0 bridgehead atoms. The number of nitrogens with one attached hydrogen (secondary N) is 1. The third-order valence-corrected chi connectivity index (χ3v) is 4.90. The topological polar surface area (TPSA) is 15.3 Å². The Labute approximate surface area is 191 Å². The van der Waals surface area contributed by atoms with E-state index in [1.54, 1.807) is 0 Å². The molecule has 0 radical (unpaired) electrons. The summed E-state index contributed by atoms with van der Waals surface area (Å²) in [5.74, 6) is 0. The van der Waals surface area contributed by atoms with E-state index in [9.17, 15) is 0 Å². The average molecular weight is 419 g/mol. The third kappa shape index (κ3) is 11.3. The smallest absolute Gasteiger partial charge is 0.0692 e. The zero-order valence-electron chi connectivity index (χ0n) is 20.2. The first-order valence-electron chi connectivity index (χ1n) is 11.4. The monoisotopic (exact) mass is 418 g/mol. The SMILES string of the molecule is C=C(C)C.C=C(CCc1ccccc1)NC(Cc1ccccc1)C(=C)N(CC)CCC. The van der Waals surface area contributed by atoms with Crippen molar-refractivity contribution in [2.45, 2.75) is 59.4 Å². The lowest BCUT2D eigenvalue weighted by Crippen LogP contribution is -2.40. The maximum Gasteiger partial charge on any atom is 0.0692 e. The molecule has 1 unspecified atom stereocenters. The molecule has 0 aliphatic heterocycles. The molecule has 0 heterocycles. The van der Waals surface area contributed by atoms with Gasteiger partial charge in [-0.25, -0.2) is 0 Å². The van der Waals surface area contributed by atoms with Gasteiger partial charge in [-0.1, -0.05) is 86.3 Å². The van der Waals surface area contributed by atoms with Gasteiger partial charge >= 0.3 is 0 Å². The normalized spacial score (nSPS) is 11.0. The first-order chi connectivity index (χ1) is 14.9. The molecule has 2 aromatic carbocycles. The highest BCUT2D eigenvalue weighted by Gasteiger charge is 2.18. The summed E-state index contributed by atoms with van der Waals surface area (Å²) >= 11 is 0. The lowest BCUT2D eigenvalue weighted by atomic mass is 10.0. The van der Waals surface area contributed by atoms with Crippen molar-refractivity contribution in [3.63, 3.8) is 0 Å². The summed E-state index contributed by atoms with van der Waals surface area (Å²) in [6, 6.07) is 21.4. The molecule has 1 N–H and O–H groups in total. The van der Waals surface area contributed by atoms with E-state index in [-0.39, 0.29) is 6.04 Å². The fraction of sp³-hybridized carbons (Fsp3) is 0.379. The zero-order chi connectivity index (χ0) is 23.1. The van der Waals surface area contributed by atoms with Crippen LogP contribution in [0, 0.1) is 0 Å². The molecule has 0 saturated heterocycles. The summed E-state index contributed by atoms with van der Waals surface area (Å²) in [6.45, 7) is 22.7. The standard InChI is InChI=1S/C25H34N2.C4H8/c1-5-19-27(6-2)22(4)25(20-24-15-11-8-12-16-24)26-21(3)17-18-23-13-9-7-10-14-23;1-4(2)3/h7-16,25-26H,3-6,17-20H2,1-2H3;1H2,2-3H3. The second-order valence-corrected chi connectivity index (χ2v) is 8.25. The Morgan fingerprint density at radius 3 is 1.87 bits per heavy atom. The van der Waals surface area contributed by atoms with Crippen LogP contribution in [0.5, 0.6) is 0 Å². The van der Waals surface area contributed by atoms with Gasteiger partial charge in [-0.2, -0.15) is 0 Å². The van der Waals surface area contributed by atoms with Crippen LogP contribution in [0.3, 0.4) is 0 Å². The van der Waals surface area contributed by atoms with E-state index in [1.165, 1.54) is 16.7 Å². The average Bonchev–Trinajstić information content (AvgIpc) is 2.76. The first-order valence-corrected chi connectivity index (χ1v) is 11.4. The minimum absolute atomic E-state index is 0.169. The fourth-order valence-corrected chi connectivity index (χ4v) is 3.36. The number of rotatable bonds is 12. The van der Waals surface area contributed by atoms with Gasteiger partial charge in [0.2, 0.25) is 0 Å². The molecule has 0 amide bonds. The number of hydrogen-bond acceptors (Lipinski definition) is 2. The van der Waals surface area contributed by atoms with E-state index in [2.05, 4.69) is 104 Å². The lowest BCUT2D eigenvalue weighted by molar-refractivity contribution is 0.327. The van der Waals surface area contributed by atoms with Crippen LogP contribution in [0.4, 0.5) is 0 Å². The van der Waals surface area contributed by atoms with Crippen LogP contribution in [0.15, 0.2) is 97.4 Å². The van der Waals surface area contributed by atoms with Crippen molar-refractivity contribution in [1.82, 2.24) is 10.2 Å². The number of aryl methyl sites for hydroxylation is 1. The molecule has 0 aliphatic carbocycles. The van der Waals surface area contributed by atoms with E-state index in [0.29, 0.717) is 0 Å². The van der Waals surface area contributed by atoms with Gasteiger partial charge in [0.15, 0.2) is 0 Å². The molecular formula is C29H42N2. The number of benzene rings is 2. The molecule has 168 valence electrons. The highest BCUT2D eigenvalue weighted by Crippen LogP contribution is 2.16. The summed E-state index contributed by atoms with van der Waals surface area (Å²) in [4.78, 5) is 2.38. The predicted molar refractivity (Wildman–Crippen MR) is 138 cm³/mol. The van der Waals surface area contributed by atoms with Gasteiger partial charge in [-0.3, -0.25) is 0 Å². The first kappa shape index (κ1) is 26.3. The van der Waals surface area contributed by atoms with Crippen molar-refractivity contribution in [1.29, 1.82) is 0 Å². The molecule has 0 saturated carbocycles. The van der Waals surface area contributed by atoms with Crippen molar-refractivity contribution >= 4 is 0 Å². The number of nitrogens with zero attached hydrogens (tertiary/aromatic N) is 1. The maximum absolute atomic E-state index is 4.43. The molecule has 31 heavy (non-hydrogen) atoms. The van der Waals surface area contributed by atoms with Crippen molar-refractivity contribution < 1.29 is 0 Å². The summed E-state index contributed by atoms with van der Waals surface area (Å²) in [5, 5.41) is 3.67. The predicted octanol–water partition coefficient (Wildman–Crippen LogP) is 7.16. The minimum atomic E-state index is 0.169. The molecule has 0 aliphatic rings. The second kappa shape index (κ2) is 15.1. The van der Waals surface area contributed by atoms with Crippen LogP contribution in [0.25, 0.3) is 0 Å². The van der Waals surface area contributed by atoms with E-state index in [0.717, 1.165) is 50.2 Å². The highest BCUT2D eigenvalue weighted by atomic mass is 15.2. The summed E-state index contributed by atoms with van der Waals surface area (Å²) in [5.41, 5.74) is 6.07. The molecule has 2 rings (SSSR count). The summed E-state index contributed by atoms with van der Waals surface area (Å²) < 4.78 is 0. The number of allylic oxidation sites excluding steroid dienone is 2. The summed E-state index contributed by atoms with van der Waals surface area (Å²) in [6.07, 6.45) is 3.98. The maximum atomic E-state index is 4.43. The molecule has 0 spiro atoms. The molecule has 2 aromatic rings. The van der Waals surface area contributed by atoms with Gasteiger partial charge in [-0.15, -0.1) is 6.58 Å². The Morgan fingerprint density at radius 2 is 1.39 bits per heavy atom. The molecule has 0 aromatic heterocycles. The van der Waals surface area contributed by atoms with Gasteiger partial charge in [0.05, 0.1) is 6.04 Å². The second-order valence-electron chi connectivity index (χ2n) is 8.25. The van der Waals surface area contributed by atoms with Crippen LogP contribution in [0.1, 0.15) is 51.7 Å². The number of hydrogen-bond donors (Lipinski definition) is 1. The van der Waals surface area contributed by atoms with Gasteiger partial charge < -0.3 is 10.2 Å². The van der Waals surface area contributed by atoms with Gasteiger partial charge in [0.25, 0.3) is 0 Å². The zero-order valence-corrected chi connectivity index (χ0v) is 20.2. The lowest BCUT2D eigenvalue weighted by Gasteiger charge is -2.32. The molecule has 2 heteroatoms. The van der Waals surface area contributed by atoms with Gasteiger partial charge in [0.1, 0.15) is 0 Å². The largest absolute Gasteiger partial charge is 0.380 e. The van der Waals surface area contributed by atoms with E-state index in [1.807, 2.05) is 13.8 Å². The minimum Gasteiger partial charge on any atom is -0.380 e. The third-order valence-electron chi connectivity index (χ3n) is 4.90. The van der Waals surface area contributed by atoms with Crippen molar-refractivity contribution in [3.8, 4) is 0 Å². The van der Waals surface area contributed by atoms with Crippen molar-refractivity contribution in [3.05, 3.63) is 108 Å². The Hall–Kier alpha value is -2.74. The highest BCUT2D eigenvalue weighted by molar-refractivity contribution is 5.22. The Balaban J connectivity index is 0.00000110. The van der Waals surface area contributed by atoms with Crippen LogP contribution in [-0.4, -0.2) is 24.0 Å². The fourth-order valence-electron chi connectivity index (χ4n) is 3.36. The van der Waals surface area contributed by atoms with E-state index >= 15 is 0 Å². The Morgan fingerprint density at radius 1 is 0.871 bits per heavy atom. The number of likely N-dealkylation sites (N-methyl/N-ethyl adjacent to an activating group) is 1. The van der Waals surface area contributed by atoms with Gasteiger partial charge in [0, 0.05) is 24.5 Å². The molecule has 0 fully saturated rings. The molecule has 1 atom stereocenters. The van der Waals surface area contributed by atoms with Crippen molar-refractivity contribution in [2.75, 3.05) is 13.1 Å². The summed E-state index contributed by atoms with van der Waals surface area (Å²) in [7, 11) is 0. The van der Waals surface area contributed by atoms with Crippen LogP contribution >= 0.6 is 0 Å². The molecule has 2 nitrogen and oxygen atoms in total. The van der Waals surface area contributed by atoms with E-state index in [4.69, 9.17) is 0 Å². The van der Waals surface area contributed by atoms with Crippen LogP contribution < -0.4 is 5.32 Å². The Bertz CT molecular complexity index is 773. The Kier molecular flexibility index (Phi) is 12.8. The van der Waals surface area contributed by atoms with E-state index < -0.39 is 0 Å². The van der Waals surface area contributed by atoms with Gasteiger partial charge in [-0.05, 0) is 57.6 Å². The van der Waals surface area contributed by atoms with Crippen molar-refractivity contribution in [2.24, 2.45) is 0 Å². The van der Waals surface area contributed by atoms with Crippen LogP contribution in [-0.2, 0) is 12.8 Å². The molecular weight excluding hydrogens is 376 g/mol.